The number of amides is 1. The SMILES string of the molecule is Cc1cc(NC(=O)CC2CCCCC2)ccc1C#CCO. The van der Waals surface area contributed by atoms with Crippen LogP contribution >= 0.6 is 0 Å². The van der Waals surface area contributed by atoms with Crippen LogP contribution < -0.4 is 5.32 Å². The number of benzene rings is 1. The van der Waals surface area contributed by atoms with Gasteiger partial charge in [-0.25, -0.2) is 0 Å². The fraction of sp³-hybridized carbons (Fsp3) is 0.500. The fourth-order valence-electron chi connectivity index (χ4n) is 2.88. The highest BCUT2D eigenvalue weighted by molar-refractivity contribution is 5.91. The topological polar surface area (TPSA) is 49.3 Å². The van der Waals surface area contributed by atoms with E-state index in [9.17, 15) is 4.79 Å². The summed E-state index contributed by atoms with van der Waals surface area (Å²) < 4.78 is 0. The average Bonchev–Trinajstić information content (AvgIpc) is 2.47. The molecule has 21 heavy (non-hydrogen) atoms. The summed E-state index contributed by atoms with van der Waals surface area (Å²) in [5, 5.41) is 11.7. The summed E-state index contributed by atoms with van der Waals surface area (Å²) in [5.74, 6) is 6.19. The van der Waals surface area contributed by atoms with Crippen LogP contribution in [0.3, 0.4) is 0 Å². The van der Waals surface area contributed by atoms with Gasteiger partial charge in [0.1, 0.15) is 6.61 Å². The quantitative estimate of drug-likeness (QED) is 0.838. The van der Waals surface area contributed by atoms with Gasteiger partial charge in [-0.1, -0.05) is 31.1 Å². The van der Waals surface area contributed by atoms with Crippen LogP contribution in [0, 0.1) is 24.7 Å². The van der Waals surface area contributed by atoms with Crippen LogP contribution in [0.4, 0.5) is 5.69 Å². The number of aliphatic hydroxyl groups excluding tert-OH is 1. The zero-order valence-corrected chi connectivity index (χ0v) is 12.6. The lowest BCUT2D eigenvalue weighted by atomic mass is 9.87. The van der Waals surface area contributed by atoms with E-state index in [4.69, 9.17) is 5.11 Å². The third-order valence-corrected chi connectivity index (χ3v) is 4.01. The van der Waals surface area contributed by atoms with E-state index >= 15 is 0 Å². The highest BCUT2D eigenvalue weighted by Crippen LogP contribution is 2.26. The highest BCUT2D eigenvalue weighted by atomic mass is 16.2. The Labute approximate surface area is 126 Å². The predicted molar refractivity (Wildman–Crippen MR) is 85.0 cm³/mol. The van der Waals surface area contributed by atoms with Crippen molar-refractivity contribution in [2.45, 2.75) is 45.4 Å². The van der Waals surface area contributed by atoms with Crippen molar-refractivity contribution in [2.24, 2.45) is 5.92 Å². The minimum Gasteiger partial charge on any atom is -0.384 e. The van der Waals surface area contributed by atoms with Crippen LogP contribution in [-0.4, -0.2) is 17.6 Å². The van der Waals surface area contributed by atoms with Crippen LogP contribution in [-0.2, 0) is 4.79 Å². The molecule has 0 unspecified atom stereocenters. The molecule has 1 saturated carbocycles. The molecule has 1 amide bonds. The molecule has 1 aliphatic carbocycles. The summed E-state index contributed by atoms with van der Waals surface area (Å²) in [4.78, 5) is 12.1. The Morgan fingerprint density at radius 2 is 2.10 bits per heavy atom. The maximum atomic E-state index is 12.1. The van der Waals surface area contributed by atoms with Gasteiger partial charge in [-0.3, -0.25) is 4.79 Å². The van der Waals surface area contributed by atoms with Crippen molar-refractivity contribution >= 4 is 11.6 Å². The number of anilines is 1. The van der Waals surface area contributed by atoms with Crippen LogP contribution in [0.15, 0.2) is 18.2 Å². The number of rotatable bonds is 3. The van der Waals surface area contributed by atoms with Crippen LogP contribution in [0.5, 0.6) is 0 Å². The second kappa shape index (κ2) is 7.85. The Kier molecular flexibility index (Phi) is 5.83. The molecule has 1 aliphatic rings. The predicted octanol–water partition coefficient (Wildman–Crippen LogP) is 3.25. The molecule has 1 fully saturated rings. The molecule has 112 valence electrons. The summed E-state index contributed by atoms with van der Waals surface area (Å²) in [6, 6.07) is 5.68. The van der Waals surface area contributed by atoms with E-state index in [1.807, 2.05) is 25.1 Å². The first kappa shape index (κ1) is 15.6. The van der Waals surface area contributed by atoms with E-state index in [2.05, 4.69) is 17.2 Å². The average molecular weight is 285 g/mol. The van der Waals surface area contributed by atoms with E-state index in [0.717, 1.165) is 16.8 Å². The molecule has 1 aromatic rings. The van der Waals surface area contributed by atoms with Crippen molar-refractivity contribution in [3.8, 4) is 11.8 Å². The Bertz CT molecular complexity index is 548. The van der Waals surface area contributed by atoms with E-state index in [0.29, 0.717) is 12.3 Å². The Morgan fingerprint density at radius 1 is 1.33 bits per heavy atom. The van der Waals surface area contributed by atoms with Crippen molar-refractivity contribution in [1.29, 1.82) is 0 Å². The lowest BCUT2D eigenvalue weighted by molar-refractivity contribution is -0.117. The molecular weight excluding hydrogens is 262 g/mol. The van der Waals surface area contributed by atoms with Gasteiger partial charge in [0.25, 0.3) is 0 Å². The normalized spacial score (nSPS) is 15.1. The lowest BCUT2D eigenvalue weighted by Gasteiger charge is -2.20. The molecule has 3 heteroatoms. The van der Waals surface area contributed by atoms with Gasteiger partial charge in [0.05, 0.1) is 0 Å². The van der Waals surface area contributed by atoms with Crippen molar-refractivity contribution < 1.29 is 9.90 Å². The lowest BCUT2D eigenvalue weighted by Crippen LogP contribution is -2.18. The van der Waals surface area contributed by atoms with Gasteiger partial charge in [-0.05, 0) is 49.4 Å². The second-order valence-electron chi connectivity index (χ2n) is 5.75. The number of hydrogen-bond acceptors (Lipinski definition) is 2. The number of aliphatic hydroxyl groups is 1. The number of carbonyl (C=O) groups is 1. The summed E-state index contributed by atoms with van der Waals surface area (Å²) in [6.07, 6.45) is 6.83. The molecule has 0 radical (unpaired) electrons. The van der Waals surface area contributed by atoms with Crippen LogP contribution in [0.25, 0.3) is 0 Å². The first-order valence-electron chi connectivity index (χ1n) is 7.69. The molecule has 1 aromatic carbocycles. The van der Waals surface area contributed by atoms with Gasteiger partial charge in [-0.15, -0.1) is 0 Å². The van der Waals surface area contributed by atoms with Crippen molar-refractivity contribution in [3.05, 3.63) is 29.3 Å². The molecule has 0 heterocycles. The Hall–Kier alpha value is -1.79. The first-order valence-corrected chi connectivity index (χ1v) is 7.69. The van der Waals surface area contributed by atoms with E-state index in [-0.39, 0.29) is 12.5 Å². The fourth-order valence-corrected chi connectivity index (χ4v) is 2.88. The molecule has 0 atom stereocenters. The molecule has 2 N–H and O–H groups in total. The molecule has 0 bridgehead atoms. The maximum absolute atomic E-state index is 12.1. The first-order chi connectivity index (χ1) is 10.2. The van der Waals surface area contributed by atoms with Crippen molar-refractivity contribution in [1.82, 2.24) is 0 Å². The van der Waals surface area contributed by atoms with Gasteiger partial charge in [0, 0.05) is 17.7 Å². The third-order valence-electron chi connectivity index (χ3n) is 4.01. The van der Waals surface area contributed by atoms with E-state index < -0.39 is 0 Å². The molecule has 2 rings (SSSR count). The molecule has 3 nitrogen and oxygen atoms in total. The van der Waals surface area contributed by atoms with Gasteiger partial charge < -0.3 is 10.4 Å². The number of carbonyl (C=O) groups excluding carboxylic acids is 1. The molecule has 0 saturated heterocycles. The minimum atomic E-state index is -0.140. The second-order valence-corrected chi connectivity index (χ2v) is 5.75. The van der Waals surface area contributed by atoms with Gasteiger partial charge in [0.15, 0.2) is 0 Å². The monoisotopic (exact) mass is 285 g/mol. The van der Waals surface area contributed by atoms with Gasteiger partial charge in [0.2, 0.25) is 5.91 Å². The number of aryl methyl sites for hydroxylation is 1. The van der Waals surface area contributed by atoms with Crippen LogP contribution in [0.1, 0.15) is 49.7 Å². The minimum absolute atomic E-state index is 0.107. The number of nitrogens with one attached hydrogen (secondary N) is 1. The van der Waals surface area contributed by atoms with E-state index in [1.165, 1.54) is 32.1 Å². The summed E-state index contributed by atoms with van der Waals surface area (Å²) in [6.45, 7) is 1.82. The standard InChI is InChI=1S/C18H23NO2/c1-14-12-17(10-9-16(14)8-5-11-20)19-18(21)13-15-6-3-2-4-7-15/h9-10,12,15,20H,2-4,6-7,11,13H2,1H3,(H,19,21). The molecule has 0 aliphatic heterocycles. The third kappa shape index (κ3) is 4.91. The summed E-state index contributed by atoms with van der Waals surface area (Å²) in [5.41, 5.74) is 2.71. The zero-order valence-electron chi connectivity index (χ0n) is 12.6. The Balaban J connectivity index is 1.92. The van der Waals surface area contributed by atoms with Gasteiger partial charge >= 0.3 is 0 Å². The highest BCUT2D eigenvalue weighted by Gasteiger charge is 2.17. The summed E-state index contributed by atoms with van der Waals surface area (Å²) >= 11 is 0. The molecule has 0 aromatic heterocycles. The van der Waals surface area contributed by atoms with Crippen molar-refractivity contribution in [3.63, 3.8) is 0 Å². The number of hydrogen-bond donors (Lipinski definition) is 2. The van der Waals surface area contributed by atoms with Crippen molar-refractivity contribution in [2.75, 3.05) is 11.9 Å². The largest absolute Gasteiger partial charge is 0.384 e. The Morgan fingerprint density at radius 3 is 2.76 bits per heavy atom. The zero-order chi connectivity index (χ0) is 15.1. The molecule has 0 spiro atoms. The summed E-state index contributed by atoms with van der Waals surface area (Å²) in [7, 11) is 0. The maximum Gasteiger partial charge on any atom is 0.224 e. The molecular formula is C18H23NO2. The van der Waals surface area contributed by atoms with Crippen LogP contribution in [0.2, 0.25) is 0 Å². The van der Waals surface area contributed by atoms with E-state index in [1.54, 1.807) is 0 Å². The smallest absolute Gasteiger partial charge is 0.224 e. The van der Waals surface area contributed by atoms with Gasteiger partial charge in [-0.2, -0.15) is 0 Å².